The van der Waals surface area contributed by atoms with Crippen molar-refractivity contribution in [3.05, 3.63) is 40.9 Å². The first-order chi connectivity index (χ1) is 13.9. The lowest BCUT2D eigenvalue weighted by atomic mass is 9.86. The van der Waals surface area contributed by atoms with Crippen LogP contribution >= 0.6 is 11.6 Å². The van der Waals surface area contributed by atoms with Crippen molar-refractivity contribution in [3.63, 3.8) is 0 Å². The maximum absolute atomic E-state index is 12.5. The fourth-order valence-corrected chi connectivity index (χ4v) is 4.00. The first kappa shape index (κ1) is 19.5. The highest BCUT2D eigenvalue weighted by Gasteiger charge is 2.38. The molecule has 0 saturated carbocycles. The summed E-state index contributed by atoms with van der Waals surface area (Å²) in [4.78, 5) is 31.7. The predicted molar refractivity (Wildman–Crippen MR) is 111 cm³/mol. The molecule has 1 amide bonds. The highest BCUT2D eigenvalue weighted by Crippen LogP contribution is 2.36. The zero-order valence-corrected chi connectivity index (χ0v) is 16.7. The second-order valence-electron chi connectivity index (χ2n) is 7.50. The standard InChI is InChI=1S/C19H23ClN8O/c20-15-17(22)26-16(21)14(25-15)18(29)24-13-1-4-19(27-13)5-9-28(10-6-19)11-12-2-7-23-8-3-12/h2-3,7-8H,1,4-6,9-11H2,(H4,21,22,26)(H,24,27,29). The van der Waals surface area contributed by atoms with Crippen LogP contribution in [0, 0.1) is 0 Å². The molecule has 2 aromatic heterocycles. The molecule has 4 heterocycles. The van der Waals surface area contributed by atoms with Gasteiger partial charge in [0.15, 0.2) is 22.5 Å². The first-order valence-electron chi connectivity index (χ1n) is 9.54. The molecule has 0 atom stereocenters. The number of anilines is 2. The Bertz CT molecular complexity index is 941. The van der Waals surface area contributed by atoms with E-state index in [2.05, 4.69) is 25.2 Å². The molecule has 0 radical (unpaired) electrons. The van der Waals surface area contributed by atoms with E-state index in [0.29, 0.717) is 12.3 Å². The minimum absolute atomic E-state index is 0.00333. The van der Waals surface area contributed by atoms with Crippen molar-refractivity contribution in [3.8, 4) is 0 Å². The summed E-state index contributed by atoms with van der Waals surface area (Å²) in [6, 6.07) is 4.09. The summed E-state index contributed by atoms with van der Waals surface area (Å²) in [6.07, 6.45) is 7.21. The van der Waals surface area contributed by atoms with Crippen LogP contribution in [0.1, 0.15) is 41.7 Å². The minimum atomic E-state index is -0.470. The third-order valence-corrected chi connectivity index (χ3v) is 5.80. The first-order valence-corrected chi connectivity index (χ1v) is 9.92. The van der Waals surface area contributed by atoms with Crippen LogP contribution in [-0.2, 0) is 6.54 Å². The van der Waals surface area contributed by atoms with E-state index in [4.69, 9.17) is 28.1 Å². The van der Waals surface area contributed by atoms with Crippen LogP contribution in [0.25, 0.3) is 0 Å². The van der Waals surface area contributed by atoms with Crippen LogP contribution in [-0.4, -0.2) is 50.2 Å². The lowest BCUT2D eigenvalue weighted by Crippen LogP contribution is -2.42. The Morgan fingerprint density at radius 1 is 1.14 bits per heavy atom. The van der Waals surface area contributed by atoms with Gasteiger partial charge in [0.2, 0.25) is 0 Å². The van der Waals surface area contributed by atoms with Crippen LogP contribution in [0.3, 0.4) is 0 Å². The van der Waals surface area contributed by atoms with Gasteiger partial charge >= 0.3 is 0 Å². The predicted octanol–water partition coefficient (Wildman–Crippen LogP) is 1.65. The molecule has 29 heavy (non-hydrogen) atoms. The zero-order chi connectivity index (χ0) is 20.4. The number of nitrogens with two attached hydrogens (primary N) is 2. The van der Waals surface area contributed by atoms with E-state index in [1.807, 2.05) is 24.5 Å². The molecule has 0 unspecified atom stereocenters. The Balaban J connectivity index is 1.37. The number of nitrogens with zero attached hydrogens (tertiary/aromatic N) is 5. The van der Waals surface area contributed by atoms with Gasteiger partial charge in [-0.25, -0.2) is 9.97 Å². The zero-order valence-electron chi connectivity index (χ0n) is 15.9. The normalized spacial score (nSPS) is 18.6. The molecule has 1 spiro atoms. The van der Waals surface area contributed by atoms with Crippen LogP contribution in [0.4, 0.5) is 11.6 Å². The fraction of sp³-hybridized carbons (Fsp3) is 0.421. The number of aromatic nitrogens is 3. The largest absolute Gasteiger partial charge is 0.382 e. The Hall–Kier alpha value is -2.78. The maximum Gasteiger partial charge on any atom is 0.279 e. The summed E-state index contributed by atoms with van der Waals surface area (Å²) in [6.45, 7) is 2.86. The van der Waals surface area contributed by atoms with Crippen molar-refractivity contribution in [2.75, 3.05) is 24.6 Å². The molecule has 0 bridgehead atoms. The topological polar surface area (TPSA) is 135 Å². The second-order valence-corrected chi connectivity index (χ2v) is 7.86. The molecule has 0 aromatic carbocycles. The molecule has 2 aliphatic heterocycles. The van der Waals surface area contributed by atoms with Gasteiger partial charge in [0, 0.05) is 38.4 Å². The number of amides is 1. The average Bonchev–Trinajstić information content (AvgIpc) is 3.09. The van der Waals surface area contributed by atoms with Crippen LogP contribution in [0.2, 0.25) is 5.15 Å². The number of likely N-dealkylation sites (tertiary alicyclic amines) is 1. The molecule has 2 aliphatic rings. The van der Waals surface area contributed by atoms with Gasteiger partial charge < -0.3 is 16.8 Å². The average molecular weight is 415 g/mol. The Morgan fingerprint density at radius 3 is 2.59 bits per heavy atom. The van der Waals surface area contributed by atoms with Gasteiger partial charge in [-0.05, 0) is 37.0 Å². The lowest BCUT2D eigenvalue weighted by molar-refractivity contribution is 0.0972. The van der Waals surface area contributed by atoms with Gasteiger partial charge in [0.05, 0.1) is 5.54 Å². The summed E-state index contributed by atoms with van der Waals surface area (Å²) in [5.74, 6) is 0.132. The minimum Gasteiger partial charge on any atom is -0.382 e. The number of hydrogen-bond donors (Lipinski definition) is 3. The van der Waals surface area contributed by atoms with Crippen molar-refractivity contribution in [1.29, 1.82) is 0 Å². The van der Waals surface area contributed by atoms with E-state index in [1.165, 1.54) is 5.56 Å². The maximum atomic E-state index is 12.5. The third-order valence-electron chi connectivity index (χ3n) is 5.52. The van der Waals surface area contributed by atoms with Crippen molar-refractivity contribution in [1.82, 2.24) is 25.2 Å². The van der Waals surface area contributed by atoms with Crippen molar-refractivity contribution < 1.29 is 4.79 Å². The number of carbonyl (C=O) groups is 1. The van der Waals surface area contributed by atoms with Gasteiger partial charge in [0.1, 0.15) is 5.84 Å². The number of carbonyl (C=O) groups excluding carboxylic acids is 1. The molecule has 1 saturated heterocycles. The molecule has 4 rings (SSSR count). The van der Waals surface area contributed by atoms with Gasteiger partial charge in [-0.15, -0.1) is 0 Å². The number of nitrogen functional groups attached to an aromatic ring is 2. The van der Waals surface area contributed by atoms with E-state index in [-0.39, 0.29) is 28.0 Å². The lowest BCUT2D eigenvalue weighted by Gasteiger charge is -2.37. The summed E-state index contributed by atoms with van der Waals surface area (Å²) in [5.41, 5.74) is 12.4. The Morgan fingerprint density at radius 2 is 1.86 bits per heavy atom. The number of aliphatic imine (C=N–C) groups is 1. The van der Waals surface area contributed by atoms with E-state index in [1.54, 1.807) is 0 Å². The summed E-state index contributed by atoms with van der Waals surface area (Å²) in [5, 5.41) is 2.77. The Kier molecular flexibility index (Phi) is 5.33. The number of amidine groups is 1. The molecule has 9 nitrogen and oxygen atoms in total. The van der Waals surface area contributed by atoms with E-state index < -0.39 is 5.91 Å². The number of nitrogens with one attached hydrogen (secondary N) is 1. The molecular weight excluding hydrogens is 392 g/mol. The van der Waals surface area contributed by atoms with E-state index >= 15 is 0 Å². The Labute approximate surface area is 173 Å². The quantitative estimate of drug-likeness (QED) is 0.694. The molecule has 10 heteroatoms. The SMILES string of the molecule is Nc1nc(N)c(C(=O)NC2=NC3(CC2)CCN(Cc2ccncc2)CC3)nc1Cl. The van der Waals surface area contributed by atoms with E-state index in [0.717, 1.165) is 38.9 Å². The van der Waals surface area contributed by atoms with Crippen molar-refractivity contribution in [2.24, 2.45) is 4.99 Å². The number of halogens is 1. The van der Waals surface area contributed by atoms with Crippen LogP contribution in [0.5, 0.6) is 0 Å². The van der Waals surface area contributed by atoms with E-state index in [9.17, 15) is 4.79 Å². The van der Waals surface area contributed by atoms with Crippen LogP contribution < -0.4 is 16.8 Å². The highest BCUT2D eigenvalue weighted by molar-refractivity contribution is 6.31. The smallest absolute Gasteiger partial charge is 0.279 e. The molecule has 0 aliphatic carbocycles. The number of piperidine rings is 1. The summed E-state index contributed by atoms with van der Waals surface area (Å²) in [7, 11) is 0. The number of rotatable bonds is 3. The molecule has 5 N–H and O–H groups in total. The molecular formula is C19H23ClN8O. The third kappa shape index (κ3) is 4.30. The highest BCUT2D eigenvalue weighted by atomic mass is 35.5. The second kappa shape index (κ2) is 7.92. The monoisotopic (exact) mass is 414 g/mol. The number of pyridine rings is 1. The fourth-order valence-electron chi connectivity index (χ4n) is 3.87. The number of hydrogen-bond acceptors (Lipinski definition) is 8. The summed E-state index contributed by atoms with van der Waals surface area (Å²) >= 11 is 5.86. The van der Waals surface area contributed by atoms with Crippen molar-refractivity contribution >= 4 is 35.0 Å². The summed E-state index contributed by atoms with van der Waals surface area (Å²) < 4.78 is 0. The van der Waals surface area contributed by atoms with Gasteiger partial charge in [-0.3, -0.25) is 19.7 Å². The van der Waals surface area contributed by atoms with Gasteiger partial charge in [0.25, 0.3) is 5.91 Å². The van der Waals surface area contributed by atoms with Gasteiger partial charge in [-0.2, -0.15) is 0 Å². The van der Waals surface area contributed by atoms with Gasteiger partial charge in [-0.1, -0.05) is 11.6 Å². The van der Waals surface area contributed by atoms with Crippen LogP contribution in [0.15, 0.2) is 29.5 Å². The molecule has 152 valence electrons. The molecule has 1 fully saturated rings. The van der Waals surface area contributed by atoms with Crippen molar-refractivity contribution in [2.45, 2.75) is 37.8 Å². The molecule has 2 aromatic rings.